The Morgan fingerprint density at radius 2 is 1.95 bits per heavy atom. The van der Waals surface area contributed by atoms with E-state index in [9.17, 15) is 6.63 Å². The fourth-order valence-electron chi connectivity index (χ4n) is 4.70. The Morgan fingerprint density at radius 1 is 1.13 bits per heavy atom. The number of benzene rings is 2. The van der Waals surface area contributed by atoms with E-state index >= 15 is 0 Å². The van der Waals surface area contributed by atoms with Gasteiger partial charge in [0.15, 0.2) is 0 Å². The van der Waals surface area contributed by atoms with Gasteiger partial charge in [0, 0.05) is 29.7 Å². The summed E-state index contributed by atoms with van der Waals surface area (Å²) in [5, 5.41) is 26.6. The number of pyridine rings is 2. The Bertz CT molecular complexity index is 1700. The van der Waals surface area contributed by atoms with Crippen molar-refractivity contribution in [1.82, 2.24) is 25.0 Å². The Kier molecular flexibility index (Phi) is 6.49. The van der Waals surface area contributed by atoms with E-state index in [1.807, 2.05) is 41.2 Å². The number of hydrogen-bond donors (Lipinski definition) is 2. The SMILES string of the molecule is [2H][C@@](Nc1cc(Cl)c2ncc(C#N)c(N[C@H](CC)c3ccccc3)c2c1)(c1cccnc1)c1cn(C2CC2)nn1. The smallest absolute Gasteiger partial charge is 0.110 e. The minimum absolute atomic E-state index is 0.0302. The molecule has 0 spiro atoms. The number of hydrogen-bond acceptors (Lipinski definition) is 7. The van der Waals surface area contributed by atoms with Crippen molar-refractivity contribution in [3.8, 4) is 6.07 Å². The molecule has 2 atom stereocenters. The molecule has 0 aliphatic heterocycles. The van der Waals surface area contributed by atoms with Crippen LogP contribution in [0.1, 0.15) is 68.0 Å². The van der Waals surface area contributed by atoms with Crippen molar-refractivity contribution >= 4 is 33.9 Å². The molecule has 2 aromatic carbocycles. The van der Waals surface area contributed by atoms with E-state index in [0.29, 0.717) is 50.2 Å². The molecule has 39 heavy (non-hydrogen) atoms. The summed E-state index contributed by atoms with van der Waals surface area (Å²) in [4.78, 5) is 8.75. The van der Waals surface area contributed by atoms with Crippen molar-refractivity contribution in [2.45, 2.75) is 44.3 Å². The molecule has 0 unspecified atom stereocenters. The molecule has 1 aliphatic rings. The average Bonchev–Trinajstić information content (AvgIpc) is 3.72. The minimum atomic E-state index is -1.50. The second-order valence-electron chi connectivity index (χ2n) is 9.59. The summed E-state index contributed by atoms with van der Waals surface area (Å²) in [6.07, 6.45) is 9.59. The van der Waals surface area contributed by atoms with Crippen LogP contribution in [0.5, 0.6) is 0 Å². The first-order valence-electron chi connectivity index (χ1n) is 13.4. The van der Waals surface area contributed by atoms with E-state index < -0.39 is 6.02 Å². The van der Waals surface area contributed by atoms with E-state index in [-0.39, 0.29) is 6.04 Å². The molecule has 0 amide bonds. The zero-order valence-corrected chi connectivity index (χ0v) is 22.1. The highest BCUT2D eigenvalue weighted by atomic mass is 35.5. The van der Waals surface area contributed by atoms with E-state index in [1.54, 1.807) is 30.7 Å². The van der Waals surface area contributed by atoms with Gasteiger partial charge < -0.3 is 10.6 Å². The van der Waals surface area contributed by atoms with Crippen molar-refractivity contribution in [2.24, 2.45) is 0 Å². The van der Waals surface area contributed by atoms with Crippen LogP contribution < -0.4 is 10.6 Å². The summed E-state index contributed by atoms with van der Waals surface area (Å²) in [7, 11) is 0. The summed E-state index contributed by atoms with van der Waals surface area (Å²) >= 11 is 6.77. The lowest BCUT2D eigenvalue weighted by Gasteiger charge is -2.22. The van der Waals surface area contributed by atoms with Crippen LogP contribution in [0.15, 0.2) is 79.4 Å². The van der Waals surface area contributed by atoms with Crippen LogP contribution in [0.2, 0.25) is 5.02 Å². The van der Waals surface area contributed by atoms with E-state index in [2.05, 4.69) is 56.0 Å². The fourth-order valence-corrected chi connectivity index (χ4v) is 4.97. The Morgan fingerprint density at radius 3 is 2.67 bits per heavy atom. The summed E-state index contributed by atoms with van der Waals surface area (Å²) < 4.78 is 11.4. The molecule has 0 bridgehead atoms. The van der Waals surface area contributed by atoms with Crippen LogP contribution >= 0.6 is 11.6 Å². The van der Waals surface area contributed by atoms with Gasteiger partial charge in [0.1, 0.15) is 11.8 Å². The normalized spacial score (nSPS) is 15.7. The van der Waals surface area contributed by atoms with Crippen LogP contribution in [-0.4, -0.2) is 25.0 Å². The summed E-state index contributed by atoms with van der Waals surface area (Å²) in [6, 6.07) is 18.4. The molecule has 1 aliphatic carbocycles. The lowest BCUT2D eigenvalue weighted by Crippen LogP contribution is -2.14. The van der Waals surface area contributed by atoms with Gasteiger partial charge in [0.2, 0.25) is 0 Å². The second-order valence-corrected chi connectivity index (χ2v) is 9.99. The molecule has 0 saturated heterocycles. The first-order valence-corrected chi connectivity index (χ1v) is 13.3. The van der Waals surface area contributed by atoms with Gasteiger partial charge in [-0.25, -0.2) is 4.68 Å². The number of nitrogens with one attached hydrogen (secondary N) is 2. The number of nitrogens with zero attached hydrogens (tertiary/aromatic N) is 6. The zero-order valence-electron chi connectivity index (χ0n) is 22.3. The molecule has 6 rings (SSSR count). The van der Waals surface area contributed by atoms with Crippen LogP contribution in [0, 0.1) is 11.3 Å². The van der Waals surface area contributed by atoms with Crippen LogP contribution in [0.4, 0.5) is 11.4 Å². The van der Waals surface area contributed by atoms with E-state index in [4.69, 9.17) is 11.6 Å². The summed E-state index contributed by atoms with van der Waals surface area (Å²) in [5.74, 6) is 0. The van der Waals surface area contributed by atoms with Crippen molar-refractivity contribution in [2.75, 3.05) is 10.6 Å². The van der Waals surface area contributed by atoms with E-state index in [0.717, 1.165) is 24.8 Å². The third-order valence-electron chi connectivity index (χ3n) is 6.88. The molecule has 3 aromatic heterocycles. The Hall–Kier alpha value is -4.48. The second kappa shape index (κ2) is 10.7. The maximum Gasteiger partial charge on any atom is 0.110 e. The molecular formula is C30H27ClN8. The molecule has 8 nitrogen and oxygen atoms in total. The van der Waals surface area contributed by atoms with Gasteiger partial charge in [-0.05, 0) is 48.6 Å². The molecule has 2 N–H and O–H groups in total. The molecule has 194 valence electrons. The maximum absolute atomic E-state index is 9.98. The third-order valence-corrected chi connectivity index (χ3v) is 7.17. The maximum atomic E-state index is 9.98. The van der Waals surface area contributed by atoms with Crippen molar-refractivity contribution in [3.05, 3.63) is 107 Å². The van der Waals surface area contributed by atoms with Gasteiger partial charge in [-0.3, -0.25) is 9.97 Å². The van der Waals surface area contributed by atoms with Crippen molar-refractivity contribution in [3.63, 3.8) is 0 Å². The van der Waals surface area contributed by atoms with Gasteiger partial charge >= 0.3 is 0 Å². The van der Waals surface area contributed by atoms with Crippen molar-refractivity contribution < 1.29 is 1.37 Å². The summed E-state index contributed by atoms with van der Waals surface area (Å²) in [5.41, 5.74) is 4.35. The Labute approximate surface area is 233 Å². The third kappa shape index (κ3) is 5.14. The molecule has 3 heterocycles. The quantitative estimate of drug-likeness (QED) is 0.213. The molecule has 5 aromatic rings. The monoisotopic (exact) mass is 535 g/mol. The molecule has 9 heteroatoms. The molecule has 1 fully saturated rings. The van der Waals surface area contributed by atoms with Crippen LogP contribution in [-0.2, 0) is 0 Å². The first kappa shape index (κ1) is 23.6. The number of nitriles is 1. The highest BCUT2D eigenvalue weighted by Crippen LogP contribution is 2.38. The van der Waals surface area contributed by atoms with Gasteiger partial charge in [-0.2, -0.15) is 5.26 Å². The number of fused-ring (bicyclic) bond motifs is 1. The molecule has 1 saturated carbocycles. The Balaban J connectivity index is 1.45. The van der Waals surface area contributed by atoms with Crippen LogP contribution in [0.25, 0.3) is 10.9 Å². The highest BCUT2D eigenvalue weighted by Gasteiger charge is 2.27. The molecular weight excluding hydrogens is 508 g/mol. The number of halogens is 1. The summed E-state index contributed by atoms with van der Waals surface area (Å²) in [6.45, 7) is 2.09. The largest absolute Gasteiger partial charge is 0.377 e. The number of rotatable bonds is 9. The highest BCUT2D eigenvalue weighted by molar-refractivity contribution is 6.35. The fraction of sp³-hybridized carbons (Fsp3) is 0.233. The predicted molar refractivity (Wildman–Crippen MR) is 153 cm³/mol. The van der Waals surface area contributed by atoms with Gasteiger partial charge in [-0.1, -0.05) is 60.1 Å². The molecule has 0 radical (unpaired) electrons. The van der Waals surface area contributed by atoms with Gasteiger partial charge in [-0.15, -0.1) is 5.10 Å². The predicted octanol–water partition coefficient (Wildman–Crippen LogP) is 6.85. The van der Waals surface area contributed by atoms with Crippen LogP contribution in [0.3, 0.4) is 0 Å². The first-order chi connectivity index (χ1) is 19.5. The zero-order chi connectivity index (χ0) is 27.7. The topological polar surface area (TPSA) is 104 Å². The standard InChI is InChI=1S/C30H27ClN8/c1-2-26(19-7-4-3-5-8-19)36-28-21(15-32)17-34-30-24(28)13-22(14-25(30)31)35-29(20-9-6-12-33-16-20)27-18-39(38-37-27)23-10-11-23/h3-9,12-14,16-18,23,26,29,35H,2,10-11H2,1H3,(H,34,36)/t26-,29-/m1/s1/i29D. The number of aromatic nitrogens is 5. The minimum Gasteiger partial charge on any atom is -0.377 e. The van der Waals surface area contributed by atoms with Gasteiger partial charge in [0.05, 0.1) is 47.5 Å². The number of anilines is 2. The van der Waals surface area contributed by atoms with E-state index in [1.165, 1.54) is 0 Å². The lowest BCUT2D eigenvalue weighted by atomic mass is 10.0. The van der Waals surface area contributed by atoms with Crippen molar-refractivity contribution in [1.29, 1.82) is 5.26 Å². The lowest BCUT2D eigenvalue weighted by molar-refractivity contribution is 0.610. The average molecular weight is 536 g/mol. The van der Waals surface area contributed by atoms with Gasteiger partial charge in [0.25, 0.3) is 0 Å².